The largest absolute Gasteiger partial charge is 0.462 e. The van der Waals surface area contributed by atoms with Crippen LogP contribution in [0.5, 0.6) is 0 Å². The van der Waals surface area contributed by atoms with Crippen LogP contribution in [0, 0.1) is 5.82 Å². The monoisotopic (exact) mass is 429 g/mol. The van der Waals surface area contributed by atoms with E-state index >= 15 is 0 Å². The molecule has 3 heterocycles. The summed E-state index contributed by atoms with van der Waals surface area (Å²) in [5.41, 5.74) is 1.70. The van der Waals surface area contributed by atoms with Crippen LogP contribution in [0.3, 0.4) is 0 Å². The van der Waals surface area contributed by atoms with Gasteiger partial charge in [0.2, 0.25) is 5.13 Å². The van der Waals surface area contributed by atoms with Gasteiger partial charge in [0, 0.05) is 55.7 Å². The van der Waals surface area contributed by atoms with E-state index in [1.807, 2.05) is 6.92 Å². The molecule has 0 N–H and O–H groups in total. The highest BCUT2D eigenvalue weighted by molar-refractivity contribution is 7.09. The van der Waals surface area contributed by atoms with Gasteiger partial charge in [0.15, 0.2) is 0 Å². The lowest BCUT2D eigenvalue weighted by molar-refractivity contribution is 0.0527. The molecule has 4 rings (SSSR count). The quantitative estimate of drug-likeness (QED) is 0.573. The van der Waals surface area contributed by atoms with Crippen molar-refractivity contribution in [1.82, 2.24) is 14.3 Å². The normalized spacial score (nSPS) is 14.8. The minimum atomic E-state index is -0.441. The Hall–Kier alpha value is -2.81. The second kappa shape index (κ2) is 8.91. The van der Waals surface area contributed by atoms with Crippen LogP contribution in [-0.4, -0.2) is 53.1 Å². The maximum absolute atomic E-state index is 14.1. The number of hydrogen-bond acceptors (Lipinski definition) is 8. The predicted molar refractivity (Wildman–Crippen MR) is 116 cm³/mol. The van der Waals surface area contributed by atoms with Gasteiger partial charge in [0.05, 0.1) is 17.8 Å². The first-order valence-electron chi connectivity index (χ1n) is 10.2. The molecule has 0 unspecified atom stereocenters. The van der Waals surface area contributed by atoms with Crippen molar-refractivity contribution < 1.29 is 13.9 Å². The molecule has 0 spiro atoms. The molecule has 0 bridgehead atoms. The van der Waals surface area contributed by atoms with E-state index in [4.69, 9.17) is 4.74 Å². The Morgan fingerprint density at radius 3 is 2.77 bits per heavy atom. The van der Waals surface area contributed by atoms with Crippen molar-refractivity contribution in [3.05, 3.63) is 41.6 Å². The molecule has 1 fully saturated rings. The Labute approximate surface area is 178 Å². The lowest BCUT2D eigenvalue weighted by Crippen LogP contribution is -2.32. The number of aryl methyl sites for hydroxylation is 1. The molecule has 9 heteroatoms. The maximum Gasteiger partial charge on any atom is 0.341 e. The number of rotatable bonds is 5. The lowest BCUT2D eigenvalue weighted by atomic mass is 10.1. The first-order valence-corrected chi connectivity index (χ1v) is 11.0. The van der Waals surface area contributed by atoms with Gasteiger partial charge in [-0.1, -0.05) is 6.92 Å². The number of hydrogen-bond donors (Lipinski definition) is 0. The molecule has 1 saturated heterocycles. The van der Waals surface area contributed by atoms with Gasteiger partial charge in [-0.25, -0.2) is 14.2 Å². The molecule has 3 aromatic rings. The highest BCUT2D eigenvalue weighted by Crippen LogP contribution is 2.32. The number of carbonyl (C=O) groups is 1. The van der Waals surface area contributed by atoms with Crippen LogP contribution in [0.4, 0.5) is 15.2 Å². The third-order valence-corrected chi connectivity index (χ3v) is 5.97. The zero-order valence-electron chi connectivity index (χ0n) is 17.1. The van der Waals surface area contributed by atoms with E-state index in [1.54, 1.807) is 13.0 Å². The number of aromatic nitrogens is 3. The molecular formula is C21H24FN5O2S. The Bertz CT molecular complexity index is 1060. The maximum atomic E-state index is 14.1. The SMILES string of the molecule is CCOC(=O)c1cnc2ccc(F)cc2c1N1CCCN(c2nc(CC)ns2)CC1. The molecule has 0 saturated carbocycles. The van der Waals surface area contributed by atoms with Crippen LogP contribution in [0.1, 0.15) is 36.5 Å². The number of pyridine rings is 1. The highest BCUT2D eigenvalue weighted by atomic mass is 32.1. The predicted octanol–water partition coefficient (Wildman–Crippen LogP) is 3.68. The third-order valence-electron chi connectivity index (χ3n) is 5.15. The standard InChI is InChI=1S/C21H24FN5O2S/c1-3-18-24-21(30-25-18)27-9-5-8-26(10-11-27)19-15-12-14(22)6-7-17(15)23-13-16(19)20(28)29-4-2/h6-7,12-13H,3-5,8-11H2,1-2H3. The fraction of sp³-hybridized carbons (Fsp3) is 0.429. The van der Waals surface area contributed by atoms with E-state index in [0.717, 1.165) is 43.4 Å². The van der Waals surface area contributed by atoms with Gasteiger partial charge in [-0.3, -0.25) is 4.98 Å². The topological polar surface area (TPSA) is 71.5 Å². The number of carbonyl (C=O) groups excluding carboxylic acids is 1. The fourth-order valence-electron chi connectivity index (χ4n) is 3.70. The summed E-state index contributed by atoms with van der Waals surface area (Å²) in [6, 6.07) is 4.47. The second-order valence-electron chi connectivity index (χ2n) is 7.08. The molecule has 158 valence electrons. The number of fused-ring (bicyclic) bond motifs is 1. The molecule has 1 aliphatic heterocycles. The molecule has 1 aliphatic rings. The summed E-state index contributed by atoms with van der Waals surface area (Å²) in [7, 11) is 0. The van der Waals surface area contributed by atoms with E-state index in [-0.39, 0.29) is 12.4 Å². The van der Waals surface area contributed by atoms with Crippen LogP contribution in [-0.2, 0) is 11.2 Å². The number of halogens is 1. The van der Waals surface area contributed by atoms with Crippen LogP contribution in [0.15, 0.2) is 24.4 Å². The van der Waals surface area contributed by atoms with Crippen LogP contribution in [0.25, 0.3) is 10.9 Å². The summed E-state index contributed by atoms with van der Waals surface area (Å²) in [6.45, 7) is 7.06. The third kappa shape index (κ3) is 4.07. The van der Waals surface area contributed by atoms with Crippen molar-refractivity contribution in [3.63, 3.8) is 0 Å². The summed E-state index contributed by atoms with van der Waals surface area (Å²) >= 11 is 1.42. The smallest absolute Gasteiger partial charge is 0.341 e. The second-order valence-corrected chi connectivity index (χ2v) is 7.81. The van der Waals surface area contributed by atoms with Crippen molar-refractivity contribution in [2.45, 2.75) is 26.7 Å². The average Bonchev–Trinajstić information content (AvgIpc) is 3.10. The summed E-state index contributed by atoms with van der Waals surface area (Å²) in [5.74, 6) is 0.0595. The summed E-state index contributed by atoms with van der Waals surface area (Å²) in [4.78, 5) is 26.0. The molecule has 1 aromatic carbocycles. The van der Waals surface area contributed by atoms with Gasteiger partial charge >= 0.3 is 5.97 Å². The van der Waals surface area contributed by atoms with Crippen molar-refractivity contribution in [3.8, 4) is 0 Å². The summed E-state index contributed by atoms with van der Waals surface area (Å²) in [6.07, 6.45) is 3.23. The fourth-order valence-corrected chi connectivity index (χ4v) is 4.50. The molecule has 0 amide bonds. The molecule has 0 aliphatic carbocycles. The minimum Gasteiger partial charge on any atom is -0.462 e. The van der Waals surface area contributed by atoms with E-state index in [0.29, 0.717) is 28.7 Å². The van der Waals surface area contributed by atoms with E-state index in [9.17, 15) is 9.18 Å². The molecule has 0 radical (unpaired) electrons. The molecule has 2 aromatic heterocycles. The zero-order valence-corrected chi connectivity index (χ0v) is 17.9. The minimum absolute atomic E-state index is 0.268. The van der Waals surface area contributed by atoms with E-state index in [1.165, 1.54) is 29.9 Å². The molecule has 0 atom stereocenters. The van der Waals surface area contributed by atoms with Gasteiger partial charge in [-0.05, 0) is 31.5 Å². The molecular weight excluding hydrogens is 405 g/mol. The van der Waals surface area contributed by atoms with Gasteiger partial charge in [0.25, 0.3) is 0 Å². The van der Waals surface area contributed by atoms with Gasteiger partial charge in [0.1, 0.15) is 17.2 Å². The van der Waals surface area contributed by atoms with E-state index < -0.39 is 5.97 Å². The molecule has 30 heavy (non-hydrogen) atoms. The molecule has 7 nitrogen and oxygen atoms in total. The first-order chi connectivity index (χ1) is 14.6. The van der Waals surface area contributed by atoms with Crippen molar-refractivity contribution in [1.29, 1.82) is 0 Å². The van der Waals surface area contributed by atoms with Crippen molar-refractivity contribution in [2.75, 3.05) is 42.6 Å². The van der Waals surface area contributed by atoms with Crippen LogP contribution >= 0.6 is 11.5 Å². The van der Waals surface area contributed by atoms with Crippen molar-refractivity contribution >= 4 is 39.2 Å². The average molecular weight is 430 g/mol. The number of anilines is 2. The summed E-state index contributed by atoms with van der Waals surface area (Å²) < 4.78 is 23.7. The number of esters is 1. The first kappa shape index (κ1) is 20.5. The van der Waals surface area contributed by atoms with Crippen molar-refractivity contribution in [2.24, 2.45) is 0 Å². The Kier molecular flexibility index (Phi) is 6.08. The Morgan fingerprint density at radius 2 is 2.00 bits per heavy atom. The van der Waals surface area contributed by atoms with Crippen LogP contribution < -0.4 is 9.80 Å². The Morgan fingerprint density at radius 1 is 1.20 bits per heavy atom. The number of ether oxygens (including phenoxy) is 1. The zero-order chi connectivity index (χ0) is 21.1. The Balaban J connectivity index is 1.69. The van der Waals surface area contributed by atoms with E-state index in [2.05, 4.69) is 24.1 Å². The lowest BCUT2D eigenvalue weighted by Gasteiger charge is -2.26. The summed E-state index contributed by atoms with van der Waals surface area (Å²) in [5, 5.41) is 1.54. The number of benzene rings is 1. The highest BCUT2D eigenvalue weighted by Gasteiger charge is 2.25. The van der Waals surface area contributed by atoms with Crippen LogP contribution in [0.2, 0.25) is 0 Å². The van der Waals surface area contributed by atoms with Gasteiger partial charge in [-0.2, -0.15) is 4.37 Å². The van der Waals surface area contributed by atoms with Gasteiger partial charge in [-0.15, -0.1) is 0 Å². The number of nitrogens with zero attached hydrogens (tertiary/aromatic N) is 5. The van der Waals surface area contributed by atoms with Gasteiger partial charge < -0.3 is 14.5 Å².